The summed E-state index contributed by atoms with van der Waals surface area (Å²) in [5.41, 5.74) is 0.324. The number of aromatic carboxylic acids is 1. The summed E-state index contributed by atoms with van der Waals surface area (Å²) in [4.78, 5) is 23.8. The molecule has 8 heteroatoms. The third-order valence-electron chi connectivity index (χ3n) is 4.03. The van der Waals surface area contributed by atoms with Crippen LogP contribution in [0.4, 0.5) is 8.78 Å². The first kappa shape index (κ1) is 20.8. The van der Waals surface area contributed by atoms with Crippen molar-refractivity contribution in [3.63, 3.8) is 0 Å². The van der Waals surface area contributed by atoms with E-state index >= 15 is 0 Å². The van der Waals surface area contributed by atoms with E-state index in [0.717, 1.165) is 12.1 Å². The van der Waals surface area contributed by atoms with Gasteiger partial charge in [-0.3, -0.25) is 4.79 Å². The molecule has 0 aromatic heterocycles. The van der Waals surface area contributed by atoms with Gasteiger partial charge in [0.1, 0.15) is 22.9 Å². The third kappa shape index (κ3) is 4.91. The van der Waals surface area contributed by atoms with Crippen molar-refractivity contribution in [2.24, 2.45) is 0 Å². The van der Waals surface area contributed by atoms with Gasteiger partial charge < -0.3 is 9.84 Å². The molecule has 0 aliphatic heterocycles. The highest BCUT2D eigenvalue weighted by Crippen LogP contribution is 2.30. The molecule has 0 amide bonds. The molecule has 0 bridgehead atoms. The number of esters is 1. The number of carbonyl (C=O) groups excluding carboxylic acids is 1. The SMILES string of the molecule is O=C(Cc1ccc(Cl)cc1Cl)Oc1ccc(-c2ccc(F)cc2F)cc1C(=O)O. The molecule has 0 heterocycles. The predicted molar refractivity (Wildman–Crippen MR) is 105 cm³/mol. The summed E-state index contributed by atoms with van der Waals surface area (Å²) in [7, 11) is 0. The molecule has 3 aromatic carbocycles. The van der Waals surface area contributed by atoms with Crippen LogP contribution in [0.1, 0.15) is 15.9 Å². The highest BCUT2D eigenvalue weighted by molar-refractivity contribution is 6.35. The first-order chi connectivity index (χ1) is 13.7. The van der Waals surface area contributed by atoms with Crippen LogP contribution in [0.2, 0.25) is 10.0 Å². The molecule has 0 spiro atoms. The Morgan fingerprint density at radius 3 is 2.38 bits per heavy atom. The molecule has 148 valence electrons. The maximum Gasteiger partial charge on any atom is 0.339 e. The van der Waals surface area contributed by atoms with E-state index in [1.807, 2.05) is 0 Å². The van der Waals surface area contributed by atoms with Crippen LogP contribution in [0, 0.1) is 11.6 Å². The van der Waals surface area contributed by atoms with Crippen molar-refractivity contribution in [2.45, 2.75) is 6.42 Å². The molecule has 29 heavy (non-hydrogen) atoms. The van der Waals surface area contributed by atoms with Crippen LogP contribution in [0.5, 0.6) is 5.75 Å². The zero-order valence-corrected chi connectivity index (χ0v) is 16.1. The number of hydrogen-bond donors (Lipinski definition) is 1. The van der Waals surface area contributed by atoms with E-state index in [9.17, 15) is 23.5 Å². The lowest BCUT2D eigenvalue weighted by Crippen LogP contribution is -2.14. The number of carbonyl (C=O) groups is 2. The van der Waals surface area contributed by atoms with Crippen LogP contribution in [0.25, 0.3) is 11.1 Å². The number of ether oxygens (including phenoxy) is 1. The van der Waals surface area contributed by atoms with Crippen molar-refractivity contribution >= 4 is 35.1 Å². The highest BCUT2D eigenvalue weighted by Gasteiger charge is 2.18. The van der Waals surface area contributed by atoms with Crippen molar-refractivity contribution in [1.82, 2.24) is 0 Å². The van der Waals surface area contributed by atoms with E-state index in [4.69, 9.17) is 27.9 Å². The number of benzene rings is 3. The molecule has 1 N–H and O–H groups in total. The van der Waals surface area contributed by atoms with Gasteiger partial charge in [0, 0.05) is 21.7 Å². The van der Waals surface area contributed by atoms with Gasteiger partial charge in [-0.2, -0.15) is 0 Å². The minimum Gasteiger partial charge on any atom is -0.478 e. The van der Waals surface area contributed by atoms with Crippen LogP contribution in [-0.4, -0.2) is 17.0 Å². The number of hydrogen-bond acceptors (Lipinski definition) is 3. The Balaban J connectivity index is 1.87. The van der Waals surface area contributed by atoms with Crippen molar-refractivity contribution in [3.05, 3.63) is 87.4 Å². The fourth-order valence-electron chi connectivity index (χ4n) is 2.66. The number of halogens is 4. The summed E-state index contributed by atoms with van der Waals surface area (Å²) in [6.45, 7) is 0. The zero-order valence-electron chi connectivity index (χ0n) is 14.6. The molecule has 4 nitrogen and oxygen atoms in total. The molecule has 0 atom stereocenters. The normalized spacial score (nSPS) is 10.6. The van der Waals surface area contributed by atoms with E-state index in [1.165, 1.54) is 24.3 Å². The molecule has 3 rings (SSSR count). The summed E-state index contributed by atoms with van der Waals surface area (Å²) >= 11 is 11.8. The molecule has 0 saturated carbocycles. The van der Waals surface area contributed by atoms with Gasteiger partial charge in [0.25, 0.3) is 0 Å². The molecule has 0 radical (unpaired) electrons. The van der Waals surface area contributed by atoms with Crippen LogP contribution < -0.4 is 4.74 Å². The quantitative estimate of drug-likeness (QED) is 0.406. The van der Waals surface area contributed by atoms with Crippen molar-refractivity contribution in [1.29, 1.82) is 0 Å². The summed E-state index contributed by atoms with van der Waals surface area (Å²) < 4.78 is 32.3. The van der Waals surface area contributed by atoms with Crippen molar-refractivity contribution in [3.8, 4) is 16.9 Å². The Bertz CT molecular complexity index is 1120. The maximum atomic E-state index is 14.0. The summed E-state index contributed by atoms with van der Waals surface area (Å²) in [5.74, 6) is -3.92. The zero-order chi connectivity index (χ0) is 21.1. The minimum atomic E-state index is -1.37. The average Bonchev–Trinajstić information content (AvgIpc) is 2.64. The van der Waals surface area contributed by atoms with E-state index in [1.54, 1.807) is 12.1 Å². The Hall–Kier alpha value is -2.96. The van der Waals surface area contributed by atoms with Gasteiger partial charge in [0.2, 0.25) is 0 Å². The Morgan fingerprint density at radius 1 is 0.966 bits per heavy atom. The van der Waals surface area contributed by atoms with Gasteiger partial charge in [0.05, 0.1) is 6.42 Å². The molecular weight excluding hydrogens is 425 g/mol. The van der Waals surface area contributed by atoms with E-state index in [-0.39, 0.29) is 33.9 Å². The molecule has 3 aromatic rings. The minimum absolute atomic E-state index is 0.0136. The summed E-state index contributed by atoms with van der Waals surface area (Å²) in [6, 6.07) is 11.3. The Labute approximate surface area is 174 Å². The molecular formula is C21H12Cl2F2O4. The Morgan fingerprint density at radius 2 is 1.72 bits per heavy atom. The van der Waals surface area contributed by atoms with Gasteiger partial charge in [-0.15, -0.1) is 0 Å². The van der Waals surface area contributed by atoms with E-state index in [2.05, 4.69) is 0 Å². The van der Waals surface area contributed by atoms with Gasteiger partial charge in [-0.25, -0.2) is 13.6 Å². The van der Waals surface area contributed by atoms with E-state index < -0.39 is 23.6 Å². The lowest BCUT2D eigenvalue weighted by Gasteiger charge is -2.11. The predicted octanol–water partition coefficient (Wildman–Crippen LogP) is 5.78. The van der Waals surface area contributed by atoms with Gasteiger partial charge in [0.15, 0.2) is 0 Å². The van der Waals surface area contributed by atoms with Crippen molar-refractivity contribution in [2.75, 3.05) is 0 Å². The highest BCUT2D eigenvalue weighted by atomic mass is 35.5. The van der Waals surface area contributed by atoms with Gasteiger partial charge in [-0.1, -0.05) is 35.3 Å². The molecule has 0 fully saturated rings. The molecule has 0 unspecified atom stereocenters. The standard InChI is InChI=1S/C21H12Cl2F2O4/c22-13-3-1-12(17(23)9-13)8-20(26)29-19-6-2-11(7-16(19)21(27)28)15-5-4-14(24)10-18(15)25/h1-7,9-10H,8H2,(H,27,28). The maximum absolute atomic E-state index is 14.0. The third-order valence-corrected chi connectivity index (χ3v) is 4.61. The average molecular weight is 437 g/mol. The first-order valence-corrected chi connectivity index (χ1v) is 8.97. The number of carboxylic acids is 1. The molecule has 0 aliphatic carbocycles. The number of carboxylic acid groups (broad SMARTS) is 1. The monoisotopic (exact) mass is 436 g/mol. The van der Waals surface area contributed by atoms with Crippen molar-refractivity contribution < 1.29 is 28.2 Å². The molecule has 0 aliphatic rings. The van der Waals surface area contributed by atoms with Gasteiger partial charge in [-0.05, 0) is 47.5 Å². The number of rotatable bonds is 5. The Kier molecular flexibility index (Phi) is 6.15. The van der Waals surface area contributed by atoms with Crippen LogP contribution in [-0.2, 0) is 11.2 Å². The van der Waals surface area contributed by atoms with Crippen LogP contribution in [0.15, 0.2) is 54.6 Å². The second kappa shape index (κ2) is 8.59. The van der Waals surface area contributed by atoms with Crippen LogP contribution in [0.3, 0.4) is 0 Å². The smallest absolute Gasteiger partial charge is 0.339 e. The molecule has 0 saturated heterocycles. The lowest BCUT2D eigenvalue weighted by atomic mass is 10.0. The summed E-state index contributed by atoms with van der Waals surface area (Å²) in [5, 5.41) is 10.1. The largest absolute Gasteiger partial charge is 0.478 e. The van der Waals surface area contributed by atoms with Crippen LogP contribution >= 0.6 is 23.2 Å². The second-order valence-electron chi connectivity index (χ2n) is 6.03. The lowest BCUT2D eigenvalue weighted by molar-refractivity contribution is -0.133. The second-order valence-corrected chi connectivity index (χ2v) is 6.87. The summed E-state index contributed by atoms with van der Waals surface area (Å²) in [6.07, 6.45) is -0.205. The van der Waals surface area contributed by atoms with Gasteiger partial charge >= 0.3 is 11.9 Å². The topological polar surface area (TPSA) is 63.6 Å². The first-order valence-electron chi connectivity index (χ1n) is 8.22. The fourth-order valence-corrected chi connectivity index (χ4v) is 3.13. The fraction of sp³-hybridized carbons (Fsp3) is 0.0476. The van der Waals surface area contributed by atoms with E-state index in [0.29, 0.717) is 16.7 Å².